The third-order valence-electron chi connectivity index (χ3n) is 2.74. The predicted molar refractivity (Wildman–Crippen MR) is 60.3 cm³/mol. The molecule has 1 aliphatic carbocycles. The lowest BCUT2D eigenvalue weighted by Gasteiger charge is -2.19. The van der Waals surface area contributed by atoms with Gasteiger partial charge in [0, 0.05) is 5.75 Å². The summed E-state index contributed by atoms with van der Waals surface area (Å²) in [6.45, 7) is 1.44. The molecule has 7 heteroatoms. The van der Waals surface area contributed by atoms with E-state index in [2.05, 4.69) is 0 Å². The Morgan fingerprint density at radius 1 is 1.29 bits per heavy atom. The molecule has 0 fully saturated rings. The lowest BCUT2D eigenvalue weighted by Crippen LogP contribution is -2.37. The molecule has 2 N–H and O–H groups in total. The molecule has 0 aromatic rings. The first-order valence-corrected chi connectivity index (χ1v) is 6.68. The molecule has 1 unspecified atom stereocenters. The molecule has 2 aliphatic rings. The summed E-state index contributed by atoms with van der Waals surface area (Å²) in [6, 6.07) is 0. The Labute approximate surface area is 97.8 Å². The van der Waals surface area contributed by atoms with Gasteiger partial charge in [0.1, 0.15) is 5.25 Å². The van der Waals surface area contributed by atoms with Gasteiger partial charge in [0.25, 0.3) is 11.8 Å². The van der Waals surface area contributed by atoms with Gasteiger partial charge < -0.3 is 5.41 Å². The first kappa shape index (κ1) is 11.7. The second kappa shape index (κ2) is 3.63. The number of hydrogen-bond acceptors (Lipinski definition) is 5. The van der Waals surface area contributed by atoms with Crippen LogP contribution in [0, 0.1) is 5.41 Å². The van der Waals surface area contributed by atoms with Gasteiger partial charge >= 0.3 is 0 Å². The van der Waals surface area contributed by atoms with Crippen LogP contribution in [0.5, 0.6) is 0 Å². The molecule has 1 aliphatic heterocycles. The molecule has 17 heavy (non-hydrogen) atoms. The normalized spacial score (nSPS) is 24.1. The maximum Gasteiger partial charge on any atom is 0.258 e. The van der Waals surface area contributed by atoms with E-state index in [1.807, 2.05) is 5.32 Å². The van der Waals surface area contributed by atoms with Crippen LogP contribution in [0.15, 0.2) is 23.3 Å². The topological polar surface area (TPSA) is 104 Å². The summed E-state index contributed by atoms with van der Waals surface area (Å²) >= 11 is 0. The van der Waals surface area contributed by atoms with Gasteiger partial charge in [-0.15, -0.1) is 0 Å². The number of hydrogen-bond donors (Lipinski definition) is 2. The smallest absolute Gasteiger partial charge is 0.258 e. The van der Waals surface area contributed by atoms with Gasteiger partial charge in [-0.25, -0.2) is 8.42 Å². The molecule has 0 saturated carbocycles. The number of imide groups is 1. The maximum atomic E-state index is 11.9. The molecule has 0 spiro atoms. The van der Waals surface area contributed by atoms with Crippen molar-refractivity contribution in [2.45, 2.75) is 12.2 Å². The monoisotopic (exact) mass is 254 g/mol. The highest BCUT2D eigenvalue weighted by Crippen LogP contribution is 2.27. The van der Waals surface area contributed by atoms with E-state index in [4.69, 9.17) is 5.41 Å². The molecule has 0 bridgehead atoms. The molecular formula is C10H10N2O4S. The number of allylic oxidation sites excluding steroid dienone is 1. The average molecular weight is 254 g/mol. The molecule has 0 aromatic heterocycles. The molecular weight excluding hydrogens is 244 g/mol. The zero-order chi connectivity index (χ0) is 12.8. The largest absolute Gasteiger partial charge is 0.304 e. The maximum absolute atomic E-state index is 11.9. The fraction of sp³-hybridized carbons (Fsp3) is 0.300. The zero-order valence-electron chi connectivity index (χ0n) is 8.98. The quantitative estimate of drug-likeness (QED) is 0.638. The standard InChI is InChI=1S/C10H10N2O4S/c1-2-17(15,16)8-6(11)4-3-5-7(8)10(14)12-9(5)13/h3-4,8,11H,2H2,1H3,(H,12,13,14). The van der Waals surface area contributed by atoms with Crippen molar-refractivity contribution >= 4 is 27.4 Å². The summed E-state index contributed by atoms with van der Waals surface area (Å²) < 4.78 is 23.7. The number of carbonyl (C=O) groups excluding carboxylic acids is 2. The van der Waals surface area contributed by atoms with Gasteiger partial charge in [0.05, 0.1) is 16.9 Å². The van der Waals surface area contributed by atoms with Crippen molar-refractivity contribution in [2.24, 2.45) is 0 Å². The Morgan fingerprint density at radius 3 is 2.53 bits per heavy atom. The Bertz CT molecular complexity index is 598. The van der Waals surface area contributed by atoms with Gasteiger partial charge in [-0.1, -0.05) is 6.92 Å². The second-order valence-corrected chi connectivity index (χ2v) is 6.11. The van der Waals surface area contributed by atoms with Crippen LogP contribution >= 0.6 is 0 Å². The number of rotatable bonds is 2. The molecule has 2 rings (SSSR count). The van der Waals surface area contributed by atoms with Gasteiger partial charge in [-0.2, -0.15) is 0 Å². The summed E-state index contributed by atoms with van der Waals surface area (Å²) in [5.74, 6) is -1.52. The molecule has 1 heterocycles. The second-order valence-electron chi connectivity index (χ2n) is 3.73. The third-order valence-corrected chi connectivity index (χ3v) is 4.75. The fourth-order valence-corrected chi connectivity index (χ4v) is 3.26. The number of amides is 2. The Morgan fingerprint density at radius 2 is 1.94 bits per heavy atom. The first-order chi connectivity index (χ1) is 7.88. The van der Waals surface area contributed by atoms with E-state index < -0.39 is 26.9 Å². The van der Waals surface area contributed by atoms with Crippen LogP contribution in [0.2, 0.25) is 0 Å². The lowest BCUT2D eigenvalue weighted by atomic mass is 9.97. The highest BCUT2D eigenvalue weighted by Gasteiger charge is 2.43. The average Bonchev–Trinajstić information content (AvgIpc) is 2.54. The summed E-state index contributed by atoms with van der Waals surface area (Å²) in [7, 11) is -3.63. The van der Waals surface area contributed by atoms with E-state index in [0.717, 1.165) is 0 Å². The third kappa shape index (κ3) is 1.62. The van der Waals surface area contributed by atoms with Crippen LogP contribution in [0.3, 0.4) is 0 Å². The molecule has 1 atom stereocenters. The summed E-state index contributed by atoms with van der Waals surface area (Å²) in [6.07, 6.45) is 2.55. The minimum Gasteiger partial charge on any atom is -0.304 e. The highest BCUT2D eigenvalue weighted by atomic mass is 32.2. The van der Waals surface area contributed by atoms with Crippen molar-refractivity contribution in [3.63, 3.8) is 0 Å². The number of nitrogens with one attached hydrogen (secondary N) is 2. The van der Waals surface area contributed by atoms with E-state index in [0.29, 0.717) is 0 Å². The van der Waals surface area contributed by atoms with E-state index in [-0.39, 0.29) is 22.6 Å². The lowest BCUT2D eigenvalue weighted by molar-refractivity contribution is -0.124. The fourth-order valence-electron chi connectivity index (χ4n) is 1.86. The number of carbonyl (C=O) groups is 2. The van der Waals surface area contributed by atoms with Gasteiger partial charge in [-0.05, 0) is 12.2 Å². The molecule has 6 nitrogen and oxygen atoms in total. The first-order valence-electron chi connectivity index (χ1n) is 4.96. The molecule has 0 aromatic carbocycles. The van der Waals surface area contributed by atoms with Crippen LogP contribution in [-0.4, -0.2) is 36.9 Å². The summed E-state index contributed by atoms with van der Waals surface area (Å²) in [5.41, 5.74) is -0.257. The van der Waals surface area contributed by atoms with Crippen molar-refractivity contribution in [2.75, 3.05) is 5.75 Å². The zero-order valence-corrected chi connectivity index (χ0v) is 9.80. The van der Waals surface area contributed by atoms with E-state index in [1.165, 1.54) is 19.1 Å². The van der Waals surface area contributed by atoms with E-state index in [1.54, 1.807) is 0 Å². The van der Waals surface area contributed by atoms with Crippen LogP contribution in [0.1, 0.15) is 6.92 Å². The molecule has 0 saturated heterocycles. The number of sulfone groups is 1. The predicted octanol–water partition coefficient (Wildman–Crippen LogP) is -0.668. The summed E-state index contributed by atoms with van der Waals surface area (Å²) in [4.78, 5) is 22.9. The Balaban J connectivity index is 2.64. The van der Waals surface area contributed by atoms with Crippen molar-refractivity contribution in [1.82, 2.24) is 5.32 Å². The van der Waals surface area contributed by atoms with Crippen molar-refractivity contribution in [3.8, 4) is 0 Å². The summed E-state index contributed by atoms with van der Waals surface area (Å²) in [5, 5.41) is 8.34. The van der Waals surface area contributed by atoms with Crippen molar-refractivity contribution in [3.05, 3.63) is 23.3 Å². The van der Waals surface area contributed by atoms with Gasteiger partial charge in [0.15, 0.2) is 9.84 Å². The molecule has 0 radical (unpaired) electrons. The van der Waals surface area contributed by atoms with Crippen LogP contribution in [-0.2, 0) is 19.4 Å². The van der Waals surface area contributed by atoms with Crippen LogP contribution < -0.4 is 5.32 Å². The highest BCUT2D eigenvalue weighted by molar-refractivity contribution is 7.93. The van der Waals surface area contributed by atoms with Crippen LogP contribution in [0.25, 0.3) is 0 Å². The minimum absolute atomic E-state index is 0.0491. The van der Waals surface area contributed by atoms with Gasteiger partial charge in [-0.3, -0.25) is 14.9 Å². The van der Waals surface area contributed by atoms with E-state index in [9.17, 15) is 18.0 Å². The SMILES string of the molecule is CCS(=O)(=O)C1C(=N)C=CC2=C1C(=O)NC2=O. The van der Waals surface area contributed by atoms with Gasteiger partial charge in [0.2, 0.25) is 0 Å². The Hall–Kier alpha value is -1.76. The Kier molecular flexibility index (Phi) is 2.50. The van der Waals surface area contributed by atoms with Crippen LogP contribution in [0.4, 0.5) is 0 Å². The molecule has 2 amide bonds. The molecule has 90 valence electrons. The minimum atomic E-state index is -3.63. The van der Waals surface area contributed by atoms with E-state index >= 15 is 0 Å². The van der Waals surface area contributed by atoms with Crippen molar-refractivity contribution < 1.29 is 18.0 Å². The van der Waals surface area contributed by atoms with Crippen molar-refractivity contribution in [1.29, 1.82) is 5.41 Å².